The molecule has 120 valence electrons. The van der Waals surface area contributed by atoms with Crippen LogP contribution in [-0.2, 0) is 11.8 Å². The molecule has 24 heavy (non-hydrogen) atoms. The zero-order valence-electron chi connectivity index (χ0n) is 13.8. The molecule has 3 nitrogen and oxygen atoms in total. The molecular weight excluding hydrogens is 364 g/mol. The van der Waals surface area contributed by atoms with E-state index in [1.807, 2.05) is 18.2 Å². The molecule has 0 unspecified atom stereocenters. The van der Waals surface area contributed by atoms with E-state index in [0.29, 0.717) is 0 Å². The maximum absolute atomic E-state index is 9.51. The first-order chi connectivity index (χ1) is 11.5. The average molecular weight is 381 g/mol. The Kier molecular flexibility index (Phi) is 3.26. The van der Waals surface area contributed by atoms with Crippen molar-refractivity contribution >= 4 is 26.8 Å². The van der Waals surface area contributed by atoms with E-state index in [-0.39, 0.29) is 5.41 Å². The molecule has 2 aromatic carbocycles. The maximum atomic E-state index is 9.51. The number of benzene rings is 2. The van der Waals surface area contributed by atoms with Crippen molar-refractivity contribution in [1.29, 1.82) is 5.26 Å². The van der Waals surface area contributed by atoms with Crippen molar-refractivity contribution in [3.63, 3.8) is 0 Å². The number of methoxy groups -OCH3 is 1. The number of ether oxygens (including phenoxy) is 1. The topological polar surface area (TPSA) is 48.8 Å². The van der Waals surface area contributed by atoms with E-state index in [0.717, 1.165) is 33.1 Å². The molecule has 1 heterocycles. The number of nitrogens with one attached hydrogen (secondary N) is 1. The molecule has 0 saturated heterocycles. The lowest BCUT2D eigenvalue weighted by molar-refractivity contribution is 0.409. The Morgan fingerprint density at radius 1 is 1.29 bits per heavy atom. The summed E-state index contributed by atoms with van der Waals surface area (Å²) in [5.74, 6) is 0.846. The fraction of sp³-hybridized carbons (Fsp3) is 0.250. The van der Waals surface area contributed by atoms with Crippen LogP contribution in [0.4, 0.5) is 0 Å². The van der Waals surface area contributed by atoms with Crippen molar-refractivity contribution in [2.24, 2.45) is 0 Å². The Hall–Kier alpha value is -2.25. The van der Waals surface area contributed by atoms with Crippen molar-refractivity contribution in [3.05, 3.63) is 62.8 Å². The van der Waals surface area contributed by atoms with E-state index in [9.17, 15) is 5.26 Å². The van der Waals surface area contributed by atoms with Gasteiger partial charge in [0, 0.05) is 28.4 Å². The third-order valence-corrected chi connectivity index (χ3v) is 5.71. The summed E-state index contributed by atoms with van der Waals surface area (Å²) in [5.41, 5.74) is 6.55. The third kappa shape index (κ3) is 1.94. The molecule has 1 aromatic heterocycles. The molecule has 0 saturated carbocycles. The predicted octanol–water partition coefficient (Wildman–Crippen LogP) is 5.04. The Labute approximate surface area is 149 Å². The first-order valence-electron chi connectivity index (χ1n) is 7.88. The standard InChI is InChI=1S/C20H17BrN2O/c1-20(2)14-9-17(24-3)15(21)8-12(14)7-13-18-11(10-22)5-4-6-16(18)23-19(13)20/h4-6,8-9,23H,7H2,1-3H3. The van der Waals surface area contributed by atoms with Gasteiger partial charge in [0.05, 0.1) is 23.2 Å². The molecule has 0 amide bonds. The van der Waals surface area contributed by atoms with Crippen molar-refractivity contribution in [1.82, 2.24) is 4.98 Å². The molecule has 1 aliphatic carbocycles. The number of hydrogen-bond acceptors (Lipinski definition) is 2. The molecule has 0 fully saturated rings. The number of rotatable bonds is 1. The lowest BCUT2D eigenvalue weighted by Gasteiger charge is -2.33. The molecule has 4 rings (SSSR count). The summed E-state index contributed by atoms with van der Waals surface area (Å²) >= 11 is 3.60. The normalized spacial score (nSPS) is 14.8. The SMILES string of the molecule is COc1cc2c(cc1Br)Cc1c([nH]c3cccc(C#N)c13)C2(C)C. The summed E-state index contributed by atoms with van der Waals surface area (Å²) < 4.78 is 6.45. The second-order valence-electron chi connectivity index (χ2n) is 6.76. The second kappa shape index (κ2) is 5.12. The van der Waals surface area contributed by atoms with Crippen LogP contribution in [0, 0.1) is 11.3 Å². The molecule has 4 heteroatoms. The largest absolute Gasteiger partial charge is 0.496 e. The Balaban J connectivity index is 2.05. The first kappa shape index (κ1) is 15.3. The first-order valence-corrected chi connectivity index (χ1v) is 8.67. The van der Waals surface area contributed by atoms with Gasteiger partial charge in [0.2, 0.25) is 0 Å². The predicted molar refractivity (Wildman–Crippen MR) is 98.6 cm³/mol. The van der Waals surface area contributed by atoms with Gasteiger partial charge in [-0.3, -0.25) is 0 Å². The summed E-state index contributed by atoms with van der Waals surface area (Å²) in [5, 5.41) is 10.6. The molecule has 0 radical (unpaired) electrons. The Morgan fingerprint density at radius 2 is 2.08 bits per heavy atom. The summed E-state index contributed by atoms with van der Waals surface area (Å²) in [6.07, 6.45) is 0.815. The van der Waals surface area contributed by atoms with Crippen LogP contribution in [0.5, 0.6) is 5.75 Å². The summed E-state index contributed by atoms with van der Waals surface area (Å²) in [4.78, 5) is 3.57. The van der Waals surface area contributed by atoms with E-state index in [1.54, 1.807) is 7.11 Å². The van der Waals surface area contributed by atoms with Crippen molar-refractivity contribution in [3.8, 4) is 11.8 Å². The fourth-order valence-electron chi connectivity index (χ4n) is 3.92. The van der Waals surface area contributed by atoms with Crippen molar-refractivity contribution < 1.29 is 4.74 Å². The van der Waals surface area contributed by atoms with Gasteiger partial charge in [-0.25, -0.2) is 0 Å². The van der Waals surface area contributed by atoms with Gasteiger partial charge in [-0.2, -0.15) is 5.26 Å². The van der Waals surface area contributed by atoms with Crippen molar-refractivity contribution in [2.75, 3.05) is 7.11 Å². The van der Waals surface area contributed by atoms with E-state index >= 15 is 0 Å². The zero-order chi connectivity index (χ0) is 17.1. The van der Waals surface area contributed by atoms with E-state index < -0.39 is 0 Å². The van der Waals surface area contributed by atoms with Crippen LogP contribution in [0.3, 0.4) is 0 Å². The number of fused-ring (bicyclic) bond motifs is 4. The highest BCUT2D eigenvalue weighted by molar-refractivity contribution is 9.10. The minimum Gasteiger partial charge on any atom is -0.496 e. The van der Waals surface area contributed by atoms with Gasteiger partial charge in [-0.15, -0.1) is 0 Å². The quantitative estimate of drug-likeness (QED) is 0.642. The Morgan fingerprint density at radius 3 is 2.79 bits per heavy atom. The molecule has 0 atom stereocenters. The van der Waals surface area contributed by atoms with E-state index in [2.05, 4.69) is 53.0 Å². The molecule has 0 aliphatic heterocycles. The van der Waals surface area contributed by atoms with Gasteiger partial charge in [0.25, 0.3) is 0 Å². The third-order valence-electron chi connectivity index (χ3n) is 5.09. The van der Waals surface area contributed by atoms with Crippen LogP contribution in [0.25, 0.3) is 10.9 Å². The zero-order valence-corrected chi connectivity index (χ0v) is 15.4. The fourth-order valence-corrected chi connectivity index (χ4v) is 4.48. The number of nitriles is 1. The monoisotopic (exact) mass is 380 g/mol. The lowest BCUT2D eigenvalue weighted by atomic mass is 9.71. The average Bonchev–Trinajstić information content (AvgIpc) is 2.94. The van der Waals surface area contributed by atoms with E-state index in [1.165, 1.54) is 22.4 Å². The van der Waals surface area contributed by atoms with Crippen LogP contribution in [0.2, 0.25) is 0 Å². The number of aromatic amines is 1. The number of nitrogens with zero attached hydrogens (tertiary/aromatic N) is 1. The smallest absolute Gasteiger partial charge is 0.133 e. The minimum absolute atomic E-state index is 0.178. The van der Waals surface area contributed by atoms with Crippen LogP contribution < -0.4 is 4.74 Å². The Bertz CT molecular complexity index is 1020. The van der Waals surface area contributed by atoms with Gasteiger partial charge >= 0.3 is 0 Å². The number of halogens is 1. The molecule has 1 N–H and O–H groups in total. The second-order valence-corrected chi connectivity index (χ2v) is 7.62. The lowest BCUT2D eigenvalue weighted by Crippen LogP contribution is -2.27. The number of aromatic nitrogens is 1. The molecular formula is C20H17BrN2O. The van der Waals surface area contributed by atoms with Gasteiger partial charge in [-0.05, 0) is 56.9 Å². The minimum atomic E-state index is -0.178. The number of hydrogen-bond donors (Lipinski definition) is 1. The molecule has 0 spiro atoms. The van der Waals surface area contributed by atoms with Crippen LogP contribution in [-0.4, -0.2) is 12.1 Å². The van der Waals surface area contributed by atoms with Gasteiger partial charge in [-0.1, -0.05) is 19.9 Å². The van der Waals surface area contributed by atoms with Crippen LogP contribution in [0.1, 0.15) is 41.8 Å². The van der Waals surface area contributed by atoms with Crippen molar-refractivity contribution in [2.45, 2.75) is 25.7 Å². The molecule has 0 bridgehead atoms. The summed E-state index contributed by atoms with van der Waals surface area (Å²) in [7, 11) is 1.69. The van der Waals surface area contributed by atoms with Gasteiger partial charge in [0.1, 0.15) is 5.75 Å². The highest BCUT2D eigenvalue weighted by atomic mass is 79.9. The maximum Gasteiger partial charge on any atom is 0.133 e. The van der Waals surface area contributed by atoms with Crippen LogP contribution in [0.15, 0.2) is 34.8 Å². The molecule has 1 aliphatic rings. The van der Waals surface area contributed by atoms with Gasteiger partial charge in [0.15, 0.2) is 0 Å². The van der Waals surface area contributed by atoms with Gasteiger partial charge < -0.3 is 9.72 Å². The number of H-pyrrole nitrogens is 1. The molecule has 3 aromatic rings. The van der Waals surface area contributed by atoms with E-state index in [4.69, 9.17) is 4.74 Å². The summed E-state index contributed by atoms with van der Waals surface area (Å²) in [6, 6.07) is 12.5. The highest BCUT2D eigenvalue weighted by Gasteiger charge is 2.36. The summed E-state index contributed by atoms with van der Waals surface area (Å²) in [6.45, 7) is 4.44. The van der Waals surface area contributed by atoms with Crippen LogP contribution >= 0.6 is 15.9 Å². The highest BCUT2D eigenvalue weighted by Crippen LogP contribution is 2.46.